The van der Waals surface area contributed by atoms with Crippen LogP contribution in [0.4, 0.5) is 5.82 Å². The van der Waals surface area contributed by atoms with Gasteiger partial charge in [-0.2, -0.15) is 0 Å². The average molecular weight is 449 g/mol. The van der Waals surface area contributed by atoms with E-state index in [1.54, 1.807) is 4.90 Å². The van der Waals surface area contributed by atoms with Crippen molar-refractivity contribution in [1.29, 1.82) is 0 Å². The molecule has 2 unspecified atom stereocenters. The minimum atomic E-state index is -0.590. The van der Waals surface area contributed by atoms with Gasteiger partial charge in [0.2, 0.25) is 11.8 Å². The first-order chi connectivity index (χ1) is 16.0. The number of rotatable bonds is 6. The molecular formula is C24H28N6O3. The quantitative estimate of drug-likeness (QED) is 0.556. The van der Waals surface area contributed by atoms with Gasteiger partial charge in [0.05, 0.1) is 5.69 Å². The highest BCUT2D eigenvalue weighted by Crippen LogP contribution is 2.28. The smallest absolute Gasteiger partial charge is 0.255 e. The second-order valence-electron chi connectivity index (χ2n) is 8.98. The fraction of sp³-hybridized carbons (Fsp3) is 0.417. The first kappa shape index (κ1) is 21.5. The van der Waals surface area contributed by atoms with Crippen LogP contribution in [0.3, 0.4) is 0 Å². The maximum atomic E-state index is 13.0. The van der Waals surface area contributed by atoms with Crippen LogP contribution in [0.5, 0.6) is 0 Å². The van der Waals surface area contributed by atoms with Gasteiger partial charge >= 0.3 is 0 Å². The number of nitrogens with two attached hydrogens (primary N) is 1. The number of nitrogens with zero attached hydrogens (tertiary/aromatic N) is 3. The monoisotopic (exact) mass is 448 g/mol. The lowest BCUT2D eigenvalue weighted by Crippen LogP contribution is -2.52. The van der Waals surface area contributed by atoms with Gasteiger partial charge in [-0.1, -0.05) is 18.2 Å². The van der Waals surface area contributed by atoms with Gasteiger partial charge in [0.1, 0.15) is 11.9 Å². The maximum absolute atomic E-state index is 13.0. The molecule has 1 aromatic heterocycles. The minimum Gasteiger partial charge on any atom is -0.355 e. The first-order valence-electron chi connectivity index (χ1n) is 11.4. The van der Waals surface area contributed by atoms with E-state index in [1.807, 2.05) is 36.4 Å². The van der Waals surface area contributed by atoms with Gasteiger partial charge < -0.3 is 20.9 Å². The maximum Gasteiger partial charge on any atom is 0.255 e. The number of nitrogens with one attached hydrogen (secondary N) is 2. The van der Waals surface area contributed by atoms with Crippen molar-refractivity contribution in [2.45, 2.75) is 51.0 Å². The lowest BCUT2D eigenvalue weighted by molar-refractivity contribution is -0.136. The zero-order valence-electron chi connectivity index (χ0n) is 18.4. The topological polar surface area (TPSA) is 121 Å². The van der Waals surface area contributed by atoms with Crippen molar-refractivity contribution < 1.29 is 14.4 Å². The van der Waals surface area contributed by atoms with Crippen LogP contribution in [0, 0.1) is 0 Å². The Morgan fingerprint density at radius 1 is 1.12 bits per heavy atom. The number of piperidine rings is 1. The number of carbonyl (C=O) groups is 3. The fourth-order valence-electron chi connectivity index (χ4n) is 4.78. The lowest BCUT2D eigenvalue weighted by Gasteiger charge is -2.29. The van der Waals surface area contributed by atoms with Gasteiger partial charge in [-0.15, -0.1) is 0 Å². The number of pyridine rings is 1. The Labute approximate surface area is 192 Å². The zero-order valence-corrected chi connectivity index (χ0v) is 18.4. The van der Waals surface area contributed by atoms with Crippen LogP contribution in [0.1, 0.15) is 46.4 Å². The number of anilines is 1. The molecule has 2 saturated heterocycles. The van der Waals surface area contributed by atoms with Crippen LogP contribution in [0.2, 0.25) is 0 Å². The largest absolute Gasteiger partial charge is 0.355 e. The van der Waals surface area contributed by atoms with Crippen LogP contribution >= 0.6 is 0 Å². The van der Waals surface area contributed by atoms with Crippen LogP contribution in [-0.4, -0.2) is 52.8 Å². The molecule has 9 heteroatoms. The third-order valence-electron chi connectivity index (χ3n) is 6.57. The van der Waals surface area contributed by atoms with E-state index < -0.39 is 6.04 Å². The molecule has 0 aliphatic carbocycles. The third kappa shape index (κ3) is 4.46. The van der Waals surface area contributed by atoms with Crippen molar-refractivity contribution >= 4 is 23.5 Å². The molecule has 5 rings (SSSR count). The lowest BCUT2D eigenvalue weighted by atomic mass is 10.0. The first-order valence-corrected chi connectivity index (χ1v) is 11.4. The van der Waals surface area contributed by atoms with E-state index in [-0.39, 0.29) is 30.2 Å². The van der Waals surface area contributed by atoms with E-state index in [1.165, 1.54) is 0 Å². The molecule has 3 aliphatic rings. The summed E-state index contributed by atoms with van der Waals surface area (Å²) in [5.74, 6) is 0.135. The molecule has 0 spiro atoms. The van der Waals surface area contributed by atoms with Crippen molar-refractivity contribution in [1.82, 2.24) is 20.5 Å². The van der Waals surface area contributed by atoms with Crippen molar-refractivity contribution in [3.05, 3.63) is 58.8 Å². The predicted molar refractivity (Wildman–Crippen MR) is 122 cm³/mol. The molecule has 2 fully saturated rings. The van der Waals surface area contributed by atoms with E-state index in [2.05, 4.69) is 15.5 Å². The Bertz CT molecular complexity index is 1100. The van der Waals surface area contributed by atoms with Gasteiger partial charge in [0, 0.05) is 50.7 Å². The van der Waals surface area contributed by atoms with Gasteiger partial charge in [-0.25, -0.2) is 4.98 Å². The molecule has 2 atom stereocenters. The summed E-state index contributed by atoms with van der Waals surface area (Å²) in [4.78, 5) is 45.1. The van der Waals surface area contributed by atoms with Crippen molar-refractivity contribution in [2.75, 3.05) is 18.0 Å². The number of hydrogen-bond acceptors (Lipinski definition) is 7. The van der Waals surface area contributed by atoms with Crippen molar-refractivity contribution in [3.63, 3.8) is 0 Å². The molecule has 0 radical (unpaired) electrons. The summed E-state index contributed by atoms with van der Waals surface area (Å²) < 4.78 is 0. The summed E-state index contributed by atoms with van der Waals surface area (Å²) >= 11 is 0. The van der Waals surface area contributed by atoms with Crippen molar-refractivity contribution in [3.8, 4) is 0 Å². The highest BCUT2D eigenvalue weighted by Gasteiger charge is 2.39. The Morgan fingerprint density at radius 3 is 2.79 bits per heavy atom. The molecule has 172 valence electrons. The SMILES string of the molecule is NC1CCN(c2cccc(CNCc3ccc4c(c3)C(=O)N(C3CCC(=O)NC3=O)C4)n2)C1. The van der Waals surface area contributed by atoms with Gasteiger partial charge in [-0.3, -0.25) is 19.7 Å². The van der Waals surface area contributed by atoms with E-state index in [0.717, 1.165) is 42.1 Å². The van der Waals surface area contributed by atoms with Gasteiger partial charge in [-0.05, 0) is 42.2 Å². The number of aromatic nitrogens is 1. The normalized spacial score (nSPS) is 22.6. The number of fused-ring (bicyclic) bond motifs is 1. The average Bonchev–Trinajstić information content (AvgIpc) is 3.38. The third-order valence-corrected chi connectivity index (χ3v) is 6.57. The van der Waals surface area contributed by atoms with E-state index in [4.69, 9.17) is 10.7 Å². The van der Waals surface area contributed by atoms with Gasteiger partial charge in [0.25, 0.3) is 5.91 Å². The van der Waals surface area contributed by atoms with Crippen LogP contribution in [0.15, 0.2) is 36.4 Å². The standard InChI is InChI=1S/C24H28N6O3/c25-17-8-9-29(14-17)21-3-1-2-18(27-21)12-26-11-15-4-5-16-13-30(24(33)19(16)10-15)20-6-7-22(31)28-23(20)32/h1-5,10,17,20,26H,6-9,11-14,25H2,(H,28,31,32). The molecule has 0 bridgehead atoms. The van der Waals surface area contributed by atoms with E-state index >= 15 is 0 Å². The molecule has 2 aromatic rings. The zero-order chi connectivity index (χ0) is 22.9. The Balaban J connectivity index is 1.20. The molecular weight excluding hydrogens is 420 g/mol. The molecule has 3 aliphatic heterocycles. The summed E-state index contributed by atoms with van der Waals surface area (Å²) in [6.45, 7) is 3.37. The molecule has 1 aromatic carbocycles. The number of imide groups is 1. The summed E-state index contributed by atoms with van der Waals surface area (Å²) in [7, 11) is 0. The van der Waals surface area contributed by atoms with Crippen molar-refractivity contribution in [2.24, 2.45) is 5.73 Å². The molecule has 3 amide bonds. The number of amides is 3. The number of carbonyl (C=O) groups excluding carboxylic acids is 3. The Kier molecular flexibility index (Phi) is 5.82. The molecule has 4 N–H and O–H groups in total. The fourth-order valence-corrected chi connectivity index (χ4v) is 4.78. The summed E-state index contributed by atoms with van der Waals surface area (Å²) in [5, 5.41) is 5.74. The molecule has 9 nitrogen and oxygen atoms in total. The molecule has 33 heavy (non-hydrogen) atoms. The van der Waals surface area contributed by atoms with E-state index in [9.17, 15) is 14.4 Å². The molecule has 4 heterocycles. The highest BCUT2D eigenvalue weighted by molar-refractivity contribution is 6.05. The predicted octanol–water partition coefficient (Wildman–Crippen LogP) is 0.670. The van der Waals surface area contributed by atoms with Crippen LogP contribution < -0.4 is 21.3 Å². The number of benzene rings is 1. The van der Waals surface area contributed by atoms with Crippen LogP contribution in [-0.2, 0) is 29.2 Å². The summed E-state index contributed by atoms with van der Waals surface area (Å²) in [6, 6.07) is 11.5. The summed E-state index contributed by atoms with van der Waals surface area (Å²) in [5.41, 5.74) is 9.50. The van der Waals surface area contributed by atoms with E-state index in [0.29, 0.717) is 31.6 Å². The summed E-state index contributed by atoms with van der Waals surface area (Å²) in [6.07, 6.45) is 1.61. The second-order valence-corrected chi connectivity index (χ2v) is 8.98. The Morgan fingerprint density at radius 2 is 2.00 bits per heavy atom. The minimum absolute atomic E-state index is 0.153. The number of hydrogen-bond donors (Lipinski definition) is 3. The highest BCUT2D eigenvalue weighted by atomic mass is 16.2. The Hall–Kier alpha value is -3.30. The second kappa shape index (κ2) is 8.92. The van der Waals surface area contributed by atoms with Gasteiger partial charge in [0.15, 0.2) is 0 Å². The molecule has 0 saturated carbocycles. The van der Waals surface area contributed by atoms with Crippen LogP contribution in [0.25, 0.3) is 0 Å².